The zero-order valence-corrected chi connectivity index (χ0v) is 25.8. The first kappa shape index (κ1) is 30.3. The van der Waals surface area contributed by atoms with Gasteiger partial charge in [-0.1, -0.05) is 35.9 Å². The van der Waals surface area contributed by atoms with E-state index in [0.29, 0.717) is 22.7 Å². The van der Waals surface area contributed by atoms with Gasteiger partial charge in [-0.2, -0.15) is 0 Å². The van der Waals surface area contributed by atoms with Crippen molar-refractivity contribution in [2.75, 3.05) is 28.2 Å². The molecule has 0 spiro atoms. The summed E-state index contributed by atoms with van der Waals surface area (Å²) < 4.78 is 0. The first-order chi connectivity index (χ1) is 20.8. The summed E-state index contributed by atoms with van der Waals surface area (Å²) in [6.07, 6.45) is 1.98. The highest BCUT2D eigenvalue weighted by Gasteiger charge is 2.63. The predicted octanol–water partition coefficient (Wildman–Crippen LogP) is 2.63. The van der Waals surface area contributed by atoms with Gasteiger partial charge < -0.3 is 25.7 Å². The van der Waals surface area contributed by atoms with Crippen LogP contribution in [-0.2, 0) is 35.4 Å². The standard InChI is InChI=1S/C33H36ClN3O7/c1-35-32(43)25-29(40)27(36(2)3)21-12-17-11-20-24(28(39)23(17)30(41)33(21,44)31(25)42)22(38)13-18(26(20)34)14-37(4)19-9-15-7-5-6-8-16(15)10-19/h5-8,13,17,19,21,27,38,40-41,44H,9-12,14H2,1-4H3,(H,35,43)/t17-,21-,27-,33-/m0/s1. The predicted molar refractivity (Wildman–Crippen MR) is 163 cm³/mol. The molecule has 6 rings (SSSR count). The lowest BCUT2D eigenvalue weighted by Crippen LogP contribution is -2.63. The van der Waals surface area contributed by atoms with Crippen LogP contribution < -0.4 is 5.32 Å². The summed E-state index contributed by atoms with van der Waals surface area (Å²) in [6.45, 7) is 0.436. The van der Waals surface area contributed by atoms with Crippen LogP contribution in [-0.4, -0.2) is 93.6 Å². The highest BCUT2D eigenvalue weighted by Crippen LogP contribution is 2.53. The highest BCUT2D eigenvalue weighted by molar-refractivity contribution is 6.33. The van der Waals surface area contributed by atoms with Crippen LogP contribution in [0.2, 0.25) is 5.02 Å². The maximum Gasteiger partial charge on any atom is 0.258 e. The summed E-state index contributed by atoms with van der Waals surface area (Å²) >= 11 is 6.96. The summed E-state index contributed by atoms with van der Waals surface area (Å²) in [5.41, 5.74) is 0.139. The Morgan fingerprint density at radius 3 is 2.30 bits per heavy atom. The van der Waals surface area contributed by atoms with E-state index < -0.39 is 58.0 Å². The lowest BCUT2D eigenvalue weighted by Gasteiger charge is -2.50. The van der Waals surface area contributed by atoms with Gasteiger partial charge in [-0.3, -0.25) is 24.2 Å². The maximum atomic E-state index is 14.0. The van der Waals surface area contributed by atoms with Crippen molar-refractivity contribution in [3.05, 3.63) is 85.8 Å². The number of rotatable bonds is 5. The monoisotopic (exact) mass is 621 g/mol. The summed E-state index contributed by atoms with van der Waals surface area (Å²) in [6, 6.07) is 9.04. The number of fused-ring (bicyclic) bond motifs is 4. The number of allylic oxidation sites excluding steroid dienone is 1. The highest BCUT2D eigenvalue weighted by atomic mass is 35.5. The lowest BCUT2D eigenvalue weighted by molar-refractivity contribution is -0.148. The Kier molecular flexibility index (Phi) is 7.40. The Balaban J connectivity index is 1.38. The molecular weight excluding hydrogens is 586 g/mol. The summed E-state index contributed by atoms with van der Waals surface area (Å²) in [7, 11) is 6.52. The molecule has 0 radical (unpaired) electrons. The Morgan fingerprint density at radius 1 is 1.07 bits per heavy atom. The molecule has 0 bridgehead atoms. The lowest BCUT2D eigenvalue weighted by atomic mass is 9.58. The summed E-state index contributed by atoms with van der Waals surface area (Å²) in [5, 5.41) is 48.3. The van der Waals surface area contributed by atoms with Crippen molar-refractivity contribution < 1.29 is 34.8 Å². The Bertz CT molecular complexity index is 1660. The van der Waals surface area contributed by atoms with Crippen molar-refractivity contribution in [2.24, 2.45) is 11.8 Å². The van der Waals surface area contributed by atoms with Crippen molar-refractivity contribution in [3.8, 4) is 5.75 Å². The number of carbonyl (C=O) groups is 3. The average Bonchev–Trinajstić information content (AvgIpc) is 3.42. The Labute approximate surface area is 260 Å². The molecule has 1 amide bonds. The second-order valence-corrected chi connectivity index (χ2v) is 13.0. The molecule has 0 fully saturated rings. The van der Waals surface area contributed by atoms with E-state index in [2.05, 4.69) is 22.3 Å². The van der Waals surface area contributed by atoms with Crippen LogP contribution >= 0.6 is 11.6 Å². The van der Waals surface area contributed by atoms with Gasteiger partial charge in [-0.05, 0) is 81.1 Å². The first-order valence-corrected chi connectivity index (χ1v) is 15.1. The van der Waals surface area contributed by atoms with Gasteiger partial charge >= 0.3 is 0 Å². The van der Waals surface area contributed by atoms with Crippen molar-refractivity contribution in [1.82, 2.24) is 15.1 Å². The van der Waals surface area contributed by atoms with Gasteiger partial charge in [-0.25, -0.2) is 0 Å². The number of benzene rings is 2. The van der Waals surface area contributed by atoms with E-state index in [9.17, 15) is 34.8 Å². The van der Waals surface area contributed by atoms with Crippen LogP contribution in [0.3, 0.4) is 0 Å². The van der Waals surface area contributed by atoms with E-state index in [4.69, 9.17) is 11.6 Å². The number of hydrogen-bond donors (Lipinski definition) is 5. The fourth-order valence-electron chi connectivity index (χ4n) is 7.82. The smallest absolute Gasteiger partial charge is 0.258 e. The molecule has 5 N–H and O–H groups in total. The van der Waals surface area contributed by atoms with Gasteiger partial charge in [0.2, 0.25) is 5.78 Å². The second-order valence-electron chi connectivity index (χ2n) is 12.6. The van der Waals surface area contributed by atoms with Gasteiger partial charge in [0.05, 0.1) is 11.6 Å². The number of aliphatic hydroxyl groups excluding tert-OH is 2. The molecule has 4 aliphatic rings. The second kappa shape index (κ2) is 10.7. The molecule has 2 aromatic rings. The number of carbonyl (C=O) groups excluding carboxylic acids is 3. The van der Waals surface area contributed by atoms with Crippen LogP contribution in [0.25, 0.3) is 0 Å². The molecule has 232 valence electrons. The van der Waals surface area contributed by atoms with E-state index in [-0.39, 0.29) is 35.8 Å². The first-order valence-electron chi connectivity index (χ1n) is 14.7. The third kappa shape index (κ3) is 4.30. The molecule has 4 aliphatic carbocycles. The van der Waals surface area contributed by atoms with Crippen molar-refractivity contribution in [3.63, 3.8) is 0 Å². The fraction of sp³-hybridized carbons (Fsp3) is 0.424. The third-order valence-corrected chi connectivity index (χ3v) is 10.5. The van der Waals surface area contributed by atoms with Crippen molar-refractivity contribution in [1.29, 1.82) is 0 Å². The van der Waals surface area contributed by atoms with Crippen LogP contribution in [0, 0.1) is 11.8 Å². The molecule has 44 heavy (non-hydrogen) atoms. The third-order valence-electron chi connectivity index (χ3n) is 10.0. The number of aromatic hydroxyl groups is 1. The minimum absolute atomic E-state index is 0.0301. The summed E-state index contributed by atoms with van der Waals surface area (Å²) in [4.78, 5) is 43.9. The van der Waals surface area contributed by atoms with Crippen molar-refractivity contribution in [2.45, 2.75) is 49.9 Å². The van der Waals surface area contributed by atoms with Gasteiger partial charge in [0.15, 0.2) is 11.4 Å². The zero-order chi connectivity index (χ0) is 31.8. The van der Waals surface area contributed by atoms with Crippen LogP contribution in [0.5, 0.6) is 5.75 Å². The molecule has 0 heterocycles. The number of amides is 1. The number of aliphatic hydroxyl groups is 3. The summed E-state index contributed by atoms with van der Waals surface area (Å²) in [5.74, 6) is -6.26. The molecule has 11 heteroatoms. The van der Waals surface area contributed by atoms with Gasteiger partial charge in [0.1, 0.15) is 22.8 Å². The maximum absolute atomic E-state index is 14.0. The van der Waals surface area contributed by atoms with Crippen LogP contribution in [0.4, 0.5) is 0 Å². The van der Waals surface area contributed by atoms with E-state index in [1.54, 1.807) is 19.0 Å². The Morgan fingerprint density at radius 2 is 1.70 bits per heavy atom. The van der Waals surface area contributed by atoms with E-state index >= 15 is 0 Å². The van der Waals surface area contributed by atoms with Crippen LogP contribution in [0.15, 0.2) is 53.0 Å². The zero-order valence-electron chi connectivity index (χ0n) is 25.0. The molecule has 0 saturated heterocycles. The molecule has 0 aliphatic heterocycles. The number of ketones is 2. The number of hydrogen-bond acceptors (Lipinski definition) is 9. The molecule has 0 aromatic heterocycles. The van der Waals surface area contributed by atoms with Crippen LogP contribution in [0.1, 0.15) is 39.0 Å². The number of halogens is 1. The minimum Gasteiger partial charge on any atom is -0.510 e. The largest absolute Gasteiger partial charge is 0.510 e. The fourth-order valence-corrected chi connectivity index (χ4v) is 8.11. The van der Waals surface area contributed by atoms with Crippen molar-refractivity contribution >= 4 is 29.1 Å². The SMILES string of the molecule is CNC(=O)C1=C(O)[C@@H](N(C)C)[C@@H]2C[C@@H]3Cc4c(Cl)c(CN(C)C5Cc6ccccc6C5)cc(O)c4C(=O)C3=C(O)[C@]2(O)C1=O. The molecule has 2 aromatic carbocycles. The Hall–Kier alpha value is -3.70. The van der Waals surface area contributed by atoms with Gasteiger partial charge in [0, 0.05) is 36.1 Å². The number of nitrogens with zero attached hydrogens (tertiary/aromatic N) is 2. The quantitative estimate of drug-likeness (QED) is 0.318. The molecular formula is C33H36ClN3O7. The van der Waals surface area contributed by atoms with E-state index in [0.717, 1.165) is 12.8 Å². The molecule has 0 unspecified atom stereocenters. The average molecular weight is 622 g/mol. The number of likely N-dealkylation sites (N-methyl/N-ethyl adjacent to an activating group) is 3. The van der Waals surface area contributed by atoms with E-state index in [1.165, 1.54) is 24.2 Å². The number of phenolic OH excluding ortho intramolecular Hbond substituents is 1. The normalized spacial score (nSPS) is 26.6. The molecule has 0 saturated carbocycles. The minimum atomic E-state index is -2.64. The number of Topliss-reactive ketones (excluding diaryl/α,β-unsaturated/α-hetero) is 2. The van der Waals surface area contributed by atoms with Gasteiger partial charge in [0.25, 0.3) is 5.91 Å². The number of phenols is 1. The topological polar surface area (TPSA) is 151 Å². The van der Waals surface area contributed by atoms with Gasteiger partial charge in [-0.15, -0.1) is 0 Å². The number of nitrogens with one attached hydrogen (secondary N) is 1. The van der Waals surface area contributed by atoms with E-state index in [1.807, 2.05) is 19.2 Å². The molecule has 10 nitrogen and oxygen atoms in total. The molecule has 4 atom stereocenters.